The van der Waals surface area contributed by atoms with E-state index in [1.807, 2.05) is 30.3 Å². The molecule has 3 aromatic rings. The maximum atomic E-state index is 12.7. The Morgan fingerprint density at radius 2 is 1.70 bits per heavy atom. The first-order chi connectivity index (χ1) is 14.1. The van der Waals surface area contributed by atoms with E-state index in [2.05, 4.69) is 31.2 Å². The quantitative estimate of drug-likeness (QED) is 0.576. The van der Waals surface area contributed by atoms with Gasteiger partial charge in [-0.05, 0) is 28.7 Å². The molecule has 0 fully saturated rings. The largest absolute Gasteiger partial charge is 0.493 e. The number of amides is 1. The fourth-order valence-electron chi connectivity index (χ4n) is 3.12. The minimum absolute atomic E-state index is 0.00180. The summed E-state index contributed by atoms with van der Waals surface area (Å²) in [6, 6.07) is 17.0. The van der Waals surface area contributed by atoms with E-state index in [-0.39, 0.29) is 23.4 Å². The third-order valence-electron chi connectivity index (χ3n) is 4.79. The molecule has 156 valence electrons. The predicted molar refractivity (Wildman–Crippen MR) is 113 cm³/mol. The van der Waals surface area contributed by atoms with Gasteiger partial charge in [-0.3, -0.25) is 9.59 Å². The van der Waals surface area contributed by atoms with Gasteiger partial charge in [0.1, 0.15) is 0 Å². The second kappa shape index (κ2) is 8.41. The Morgan fingerprint density at radius 3 is 2.27 bits per heavy atom. The van der Waals surface area contributed by atoms with Crippen LogP contribution in [0.1, 0.15) is 54.8 Å². The number of aliphatic carboxylic acids is 1. The summed E-state index contributed by atoms with van der Waals surface area (Å²) in [6.45, 7) is 6.27. The van der Waals surface area contributed by atoms with Crippen LogP contribution in [0.5, 0.6) is 5.88 Å². The molecule has 1 aromatic heterocycles. The summed E-state index contributed by atoms with van der Waals surface area (Å²) >= 11 is 0. The number of carbonyl (C=O) groups excluding carboxylic acids is 1. The zero-order chi connectivity index (χ0) is 21.9. The molecule has 2 aromatic carbocycles. The van der Waals surface area contributed by atoms with E-state index in [0.717, 1.165) is 5.56 Å². The molecule has 0 radical (unpaired) electrons. The van der Waals surface area contributed by atoms with Crippen molar-refractivity contribution in [1.29, 1.82) is 0 Å². The number of carbonyl (C=O) groups is 2. The van der Waals surface area contributed by atoms with Crippen molar-refractivity contribution in [1.82, 2.24) is 15.1 Å². The Balaban J connectivity index is 1.83. The molecule has 3 N–H and O–H groups in total. The molecule has 3 rings (SSSR count). The topological polar surface area (TPSA) is 104 Å². The average molecular weight is 407 g/mol. The number of carboxylic acids is 1. The maximum absolute atomic E-state index is 12.7. The summed E-state index contributed by atoms with van der Waals surface area (Å²) in [5, 5.41) is 26.3. The standard InChI is InChI=1S/C23H25N3O4/c1-23(2,3)16-11-9-15(10-12-16)18(14-21(28)29)24-22(30)19-13-20(27)26(25-19)17-7-5-4-6-8-17/h4-13,18,27H,14H2,1-3H3,(H,24,30)(H,28,29). The fourth-order valence-corrected chi connectivity index (χ4v) is 3.12. The lowest BCUT2D eigenvalue weighted by molar-refractivity contribution is -0.137. The summed E-state index contributed by atoms with van der Waals surface area (Å²) < 4.78 is 1.25. The molecule has 0 saturated carbocycles. The van der Waals surface area contributed by atoms with E-state index in [4.69, 9.17) is 0 Å². The van der Waals surface area contributed by atoms with E-state index >= 15 is 0 Å². The van der Waals surface area contributed by atoms with Gasteiger partial charge in [-0.2, -0.15) is 5.10 Å². The van der Waals surface area contributed by atoms with E-state index in [9.17, 15) is 19.8 Å². The lowest BCUT2D eigenvalue weighted by atomic mass is 9.86. The van der Waals surface area contributed by atoms with Crippen molar-refractivity contribution in [3.05, 3.63) is 77.5 Å². The summed E-state index contributed by atoms with van der Waals surface area (Å²) in [5.41, 5.74) is 2.36. The van der Waals surface area contributed by atoms with Crippen molar-refractivity contribution in [2.45, 2.75) is 38.6 Å². The minimum Gasteiger partial charge on any atom is -0.493 e. The molecular formula is C23H25N3O4. The minimum atomic E-state index is -1.03. The van der Waals surface area contributed by atoms with Gasteiger partial charge in [0, 0.05) is 6.07 Å². The number of aromatic hydroxyl groups is 1. The molecule has 1 amide bonds. The summed E-state index contributed by atoms with van der Waals surface area (Å²) in [4.78, 5) is 24.1. The lowest BCUT2D eigenvalue weighted by Gasteiger charge is -2.21. The molecule has 30 heavy (non-hydrogen) atoms. The van der Waals surface area contributed by atoms with Gasteiger partial charge in [0.05, 0.1) is 18.2 Å². The van der Waals surface area contributed by atoms with E-state index in [1.54, 1.807) is 24.3 Å². The second-order valence-electron chi connectivity index (χ2n) is 8.13. The Hall–Kier alpha value is -3.61. The van der Waals surface area contributed by atoms with Crippen LogP contribution in [0, 0.1) is 0 Å². The number of nitrogens with one attached hydrogen (secondary N) is 1. The van der Waals surface area contributed by atoms with Crippen molar-refractivity contribution in [3.8, 4) is 11.6 Å². The first-order valence-corrected chi connectivity index (χ1v) is 9.62. The smallest absolute Gasteiger partial charge is 0.305 e. The van der Waals surface area contributed by atoms with Gasteiger partial charge < -0.3 is 15.5 Å². The van der Waals surface area contributed by atoms with Crippen molar-refractivity contribution in [2.24, 2.45) is 0 Å². The van der Waals surface area contributed by atoms with E-state index in [1.165, 1.54) is 10.7 Å². The molecule has 0 aliphatic carbocycles. The van der Waals surface area contributed by atoms with Crippen LogP contribution in [-0.2, 0) is 10.2 Å². The molecule has 1 heterocycles. The van der Waals surface area contributed by atoms with Crippen LogP contribution in [-0.4, -0.2) is 31.9 Å². The van der Waals surface area contributed by atoms with Crippen LogP contribution >= 0.6 is 0 Å². The van der Waals surface area contributed by atoms with Crippen LogP contribution in [0.2, 0.25) is 0 Å². The molecule has 0 aliphatic heterocycles. The van der Waals surface area contributed by atoms with Gasteiger partial charge in [-0.1, -0.05) is 63.2 Å². The molecule has 0 spiro atoms. The Morgan fingerprint density at radius 1 is 1.07 bits per heavy atom. The monoisotopic (exact) mass is 407 g/mol. The normalized spacial score (nSPS) is 12.4. The van der Waals surface area contributed by atoms with Crippen molar-refractivity contribution >= 4 is 11.9 Å². The summed E-state index contributed by atoms with van der Waals surface area (Å²) in [6.07, 6.45) is -0.272. The average Bonchev–Trinajstić information content (AvgIpc) is 3.09. The Bertz CT molecular complexity index is 1030. The van der Waals surface area contributed by atoms with Crippen LogP contribution in [0.25, 0.3) is 5.69 Å². The third-order valence-corrected chi connectivity index (χ3v) is 4.79. The first kappa shape index (κ1) is 21.1. The van der Waals surface area contributed by atoms with Gasteiger partial charge in [-0.25, -0.2) is 4.68 Å². The fraction of sp³-hybridized carbons (Fsp3) is 0.261. The molecule has 7 heteroatoms. The molecule has 0 saturated heterocycles. The summed E-state index contributed by atoms with van der Waals surface area (Å²) in [5.74, 6) is -1.78. The van der Waals surface area contributed by atoms with Crippen molar-refractivity contribution in [2.75, 3.05) is 0 Å². The van der Waals surface area contributed by atoms with Gasteiger partial charge >= 0.3 is 5.97 Å². The highest BCUT2D eigenvalue weighted by Crippen LogP contribution is 2.25. The Kier molecular flexibility index (Phi) is 5.91. The zero-order valence-electron chi connectivity index (χ0n) is 17.2. The van der Waals surface area contributed by atoms with Crippen molar-refractivity contribution in [3.63, 3.8) is 0 Å². The van der Waals surface area contributed by atoms with Gasteiger partial charge in [-0.15, -0.1) is 0 Å². The number of aromatic nitrogens is 2. The number of benzene rings is 2. The summed E-state index contributed by atoms with van der Waals surface area (Å²) in [7, 11) is 0. The highest BCUT2D eigenvalue weighted by Gasteiger charge is 2.22. The Labute approximate surface area is 175 Å². The third kappa shape index (κ3) is 4.86. The number of carboxylic acid groups (broad SMARTS) is 1. The number of hydrogen-bond acceptors (Lipinski definition) is 4. The van der Waals surface area contributed by atoms with Crippen LogP contribution < -0.4 is 5.32 Å². The second-order valence-corrected chi connectivity index (χ2v) is 8.13. The number of hydrogen-bond donors (Lipinski definition) is 3. The highest BCUT2D eigenvalue weighted by molar-refractivity contribution is 5.93. The van der Waals surface area contributed by atoms with Crippen LogP contribution in [0.15, 0.2) is 60.7 Å². The van der Waals surface area contributed by atoms with Gasteiger partial charge in [0.2, 0.25) is 5.88 Å². The first-order valence-electron chi connectivity index (χ1n) is 9.62. The maximum Gasteiger partial charge on any atom is 0.305 e. The molecule has 1 atom stereocenters. The number of para-hydroxylation sites is 1. The van der Waals surface area contributed by atoms with Crippen LogP contribution in [0.3, 0.4) is 0 Å². The molecule has 0 bridgehead atoms. The van der Waals surface area contributed by atoms with E-state index in [0.29, 0.717) is 11.3 Å². The predicted octanol–water partition coefficient (Wildman–Crippen LogP) is 3.82. The molecule has 7 nitrogen and oxygen atoms in total. The van der Waals surface area contributed by atoms with E-state index < -0.39 is 17.9 Å². The lowest BCUT2D eigenvalue weighted by Crippen LogP contribution is -2.30. The van der Waals surface area contributed by atoms with Crippen molar-refractivity contribution < 1.29 is 19.8 Å². The highest BCUT2D eigenvalue weighted by atomic mass is 16.4. The zero-order valence-corrected chi connectivity index (χ0v) is 17.2. The number of nitrogens with zero attached hydrogens (tertiary/aromatic N) is 2. The van der Waals surface area contributed by atoms with Crippen LogP contribution in [0.4, 0.5) is 0 Å². The number of rotatable bonds is 6. The molecule has 0 aliphatic rings. The molecule has 1 unspecified atom stereocenters. The SMILES string of the molecule is CC(C)(C)c1ccc(C(CC(=O)O)NC(=O)c2cc(O)n(-c3ccccc3)n2)cc1. The van der Waals surface area contributed by atoms with Gasteiger partial charge in [0.25, 0.3) is 5.91 Å². The molecular weight excluding hydrogens is 382 g/mol. The van der Waals surface area contributed by atoms with Gasteiger partial charge in [0.15, 0.2) is 5.69 Å².